The molecule has 0 aliphatic carbocycles. The molecule has 1 aliphatic heterocycles. The predicted molar refractivity (Wildman–Crippen MR) is 50.2 cm³/mol. The normalized spacial score (nSPS) is 20.0. The molecule has 0 bridgehead atoms. The fourth-order valence-electron chi connectivity index (χ4n) is 1.83. The number of nitrogens with zero attached hydrogens (tertiary/aromatic N) is 2. The Hall–Kier alpha value is -0.830. The van der Waals surface area contributed by atoms with Crippen LogP contribution in [0.4, 0.5) is 0 Å². The molecule has 1 aromatic heterocycles. The fraction of sp³-hybridized carbons (Fsp3) is 0.700. The van der Waals surface area contributed by atoms with Crippen molar-refractivity contribution >= 4 is 0 Å². The van der Waals surface area contributed by atoms with Crippen molar-refractivity contribution < 1.29 is 4.42 Å². The van der Waals surface area contributed by atoms with E-state index < -0.39 is 0 Å². The van der Waals surface area contributed by atoms with Gasteiger partial charge in [-0.3, -0.25) is 4.90 Å². The van der Waals surface area contributed by atoms with Crippen LogP contribution in [-0.2, 0) is 6.54 Å². The van der Waals surface area contributed by atoms with Crippen LogP contribution in [0.2, 0.25) is 0 Å². The van der Waals surface area contributed by atoms with E-state index >= 15 is 0 Å². The maximum atomic E-state index is 5.22. The van der Waals surface area contributed by atoms with Crippen molar-refractivity contribution in [3.8, 4) is 0 Å². The van der Waals surface area contributed by atoms with Crippen molar-refractivity contribution in [1.29, 1.82) is 0 Å². The van der Waals surface area contributed by atoms with Crippen molar-refractivity contribution in [2.24, 2.45) is 0 Å². The molecule has 1 saturated heterocycles. The van der Waals surface area contributed by atoms with E-state index in [9.17, 15) is 0 Å². The van der Waals surface area contributed by atoms with Crippen LogP contribution in [0, 0.1) is 0 Å². The second-order valence-corrected chi connectivity index (χ2v) is 3.66. The maximum Gasteiger partial charge on any atom is 0.180 e. The molecule has 72 valence electrons. The van der Waals surface area contributed by atoms with Crippen LogP contribution in [-0.4, -0.2) is 23.0 Å². The molecular weight excluding hydrogens is 164 g/mol. The lowest BCUT2D eigenvalue weighted by Gasteiger charge is -2.17. The van der Waals surface area contributed by atoms with Crippen LogP contribution in [0.5, 0.6) is 0 Å². The lowest BCUT2D eigenvalue weighted by molar-refractivity contribution is 0.253. The maximum absolute atomic E-state index is 5.22. The molecule has 0 unspecified atom stereocenters. The van der Waals surface area contributed by atoms with Gasteiger partial charge in [0.15, 0.2) is 6.39 Å². The van der Waals surface area contributed by atoms with Crippen molar-refractivity contribution in [1.82, 2.24) is 9.88 Å². The number of rotatable bonds is 2. The van der Waals surface area contributed by atoms with E-state index in [0.717, 1.165) is 12.3 Å². The molecule has 0 aromatic carbocycles. The zero-order valence-corrected chi connectivity index (χ0v) is 7.91. The first kappa shape index (κ1) is 8.75. The Labute approximate surface area is 78.8 Å². The quantitative estimate of drug-likeness (QED) is 0.697. The van der Waals surface area contributed by atoms with Crippen LogP contribution >= 0.6 is 0 Å². The summed E-state index contributed by atoms with van der Waals surface area (Å²) in [6, 6.07) is 0. The van der Waals surface area contributed by atoms with Crippen molar-refractivity contribution in [3.63, 3.8) is 0 Å². The molecule has 1 aromatic rings. The topological polar surface area (TPSA) is 29.3 Å². The summed E-state index contributed by atoms with van der Waals surface area (Å²) in [6.07, 6.45) is 8.74. The van der Waals surface area contributed by atoms with Gasteiger partial charge in [-0.15, -0.1) is 0 Å². The van der Waals surface area contributed by atoms with Crippen molar-refractivity contribution in [2.75, 3.05) is 13.1 Å². The first-order valence-corrected chi connectivity index (χ1v) is 5.05. The van der Waals surface area contributed by atoms with Crippen LogP contribution in [0.1, 0.15) is 31.4 Å². The molecule has 0 atom stereocenters. The van der Waals surface area contributed by atoms with E-state index in [1.165, 1.54) is 45.2 Å². The molecule has 0 spiro atoms. The number of hydrogen-bond donors (Lipinski definition) is 0. The van der Waals surface area contributed by atoms with Gasteiger partial charge < -0.3 is 4.42 Å². The highest BCUT2D eigenvalue weighted by Gasteiger charge is 2.10. The minimum absolute atomic E-state index is 0.931. The lowest BCUT2D eigenvalue weighted by atomic mass is 10.2. The van der Waals surface area contributed by atoms with Gasteiger partial charge in [-0.05, 0) is 25.9 Å². The monoisotopic (exact) mass is 180 g/mol. The first-order chi connectivity index (χ1) is 6.45. The number of hydrogen-bond acceptors (Lipinski definition) is 3. The third kappa shape index (κ3) is 2.56. The van der Waals surface area contributed by atoms with E-state index in [0.29, 0.717) is 0 Å². The van der Waals surface area contributed by atoms with Gasteiger partial charge in [0.05, 0.1) is 12.7 Å². The van der Waals surface area contributed by atoms with Crippen LogP contribution < -0.4 is 0 Å². The molecule has 3 heteroatoms. The fourth-order valence-corrected chi connectivity index (χ4v) is 1.83. The van der Waals surface area contributed by atoms with E-state index in [1.54, 1.807) is 0 Å². The second kappa shape index (κ2) is 4.42. The Kier molecular flexibility index (Phi) is 2.98. The summed E-state index contributed by atoms with van der Waals surface area (Å²) in [5.41, 5.74) is 0. The van der Waals surface area contributed by atoms with Gasteiger partial charge in [0.1, 0.15) is 5.76 Å². The standard InChI is InChI=1S/C10H16N2O/c1-2-4-6-12(5-3-1)8-10-7-11-9-13-10/h7,9H,1-6,8H2. The van der Waals surface area contributed by atoms with E-state index in [4.69, 9.17) is 4.42 Å². The number of likely N-dealkylation sites (tertiary alicyclic amines) is 1. The molecule has 2 heterocycles. The van der Waals surface area contributed by atoms with Crippen LogP contribution in [0.3, 0.4) is 0 Å². The highest BCUT2D eigenvalue weighted by atomic mass is 16.3. The van der Waals surface area contributed by atoms with Crippen LogP contribution in [0.25, 0.3) is 0 Å². The molecule has 2 rings (SSSR count). The minimum atomic E-state index is 0.931. The Morgan fingerprint density at radius 3 is 2.62 bits per heavy atom. The second-order valence-electron chi connectivity index (χ2n) is 3.66. The van der Waals surface area contributed by atoms with Gasteiger partial charge in [0.2, 0.25) is 0 Å². The summed E-state index contributed by atoms with van der Waals surface area (Å²) < 4.78 is 5.22. The van der Waals surface area contributed by atoms with E-state index in [1.807, 2.05) is 6.20 Å². The van der Waals surface area contributed by atoms with Gasteiger partial charge in [0, 0.05) is 0 Å². The van der Waals surface area contributed by atoms with E-state index in [-0.39, 0.29) is 0 Å². The van der Waals surface area contributed by atoms with Gasteiger partial charge >= 0.3 is 0 Å². The molecule has 0 radical (unpaired) electrons. The van der Waals surface area contributed by atoms with Crippen molar-refractivity contribution in [3.05, 3.63) is 18.4 Å². The molecule has 1 aliphatic rings. The summed E-state index contributed by atoms with van der Waals surface area (Å²) in [5, 5.41) is 0. The third-order valence-corrected chi connectivity index (χ3v) is 2.56. The number of aromatic nitrogens is 1. The molecule has 0 amide bonds. The molecule has 1 fully saturated rings. The first-order valence-electron chi connectivity index (χ1n) is 5.05. The Balaban J connectivity index is 1.86. The molecule has 3 nitrogen and oxygen atoms in total. The molecule has 0 N–H and O–H groups in total. The summed E-state index contributed by atoms with van der Waals surface area (Å²) in [5.74, 6) is 0.988. The Morgan fingerprint density at radius 1 is 1.23 bits per heavy atom. The highest BCUT2D eigenvalue weighted by molar-refractivity contribution is 4.88. The largest absolute Gasteiger partial charge is 0.447 e. The van der Waals surface area contributed by atoms with Crippen LogP contribution in [0.15, 0.2) is 17.0 Å². The SMILES string of the molecule is c1ncc(CN2CCCCCC2)o1. The Bertz CT molecular complexity index is 225. The summed E-state index contributed by atoms with van der Waals surface area (Å²) >= 11 is 0. The highest BCUT2D eigenvalue weighted by Crippen LogP contribution is 2.12. The summed E-state index contributed by atoms with van der Waals surface area (Å²) in [7, 11) is 0. The average molecular weight is 180 g/mol. The van der Waals surface area contributed by atoms with Gasteiger partial charge in [0.25, 0.3) is 0 Å². The van der Waals surface area contributed by atoms with Crippen molar-refractivity contribution in [2.45, 2.75) is 32.2 Å². The van der Waals surface area contributed by atoms with E-state index in [2.05, 4.69) is 9.88 Å². The smallest absolute Gasteiger partial charge is 0.180 e. The summed E-state index contributed by atoms with van der Waals surface area (Å²) in [4.78, 5) is 6.37. The molecule has 13 heavy (non-hydrogen) atoms. The molecule has 0 saturated carbocycles. The minimum Gasteiger partial charge on any atom is -0.447 e. The zero-order valence-electron chi connectivity index (χ0n) is 7.91. The van der Waals surface area contributed by atoms with Gasteiger partial charge in [-0.25, -0.2) is 4.98 Å². The predicted octanol–water partition coefficient (Wildman–Crippen LogP) is 2.05. The average Bonchev–Trinajstić information content (AvgIpc) is 2.49. The lowest BCUT2D eigenvalue weighted by Crippen LogP contribution is -2.23. The third-order valence-electron chi connectivity index (χ3n) is 2.56. The zero-order chi connectivity index (χ0) is 8.93. The van der Waals surface area contributed by atoms with Gasteiger partial charge in [-0.2, -0.15) is 0 Å². The Morgan fingerprint density at radius 2 is 2.00 bits per heavy atom. The van der Waals surface area contributed by atoms with Gasteiger partial charge in [-0.1, -0.05) is 12.8 Å². The summed E-state index contributed by atoms with van der Waals surface area (Å²) in [6.45, 7) is 3.35. The molecular formula is C10H16N2O. The number of oxazole rings is 1.